The lowest BCUT2D eigenvalue weighted by Gasteiger charge is -2.09. The third kappa shape index (κ3) is 17.2. The van der Waals surface area contributed by atoms with Gasteiger partial charge in [-0.2, -0.15) is 0 Å². The van der Waals surface area contributed by atoms with Gasteiger partial charge in [-0.15, -0.1) is 0 Å². The van der Waals surface area contributed by atoms with Crippen LogP contribution < -0.4 is 28.9 Å². The second kappa shape index (κ2) is 18.2. The molecule has 0 aromatic heterocycles. The SMILES string of the molecule is CCCCCCCCN/C=C(/CCC(C)C)NN.N.N. The number of hydrogen-bond acceptors (Lipinski definition) is 5. The molecule has 0 aromatic rings. The van der Waals surface area contributed by atoms with Crippen molar-refractivity contribution in [2.75, 3.05) is 6.54 Å². The quantitative estimate of drug-likeness (QED) is 0.211. The van der Waals surface area contributed by atoms with Crippen molar-refractivity contribution < 1.29 is 0 Å². The minimum absolute atomic E-state index is 0. The van der Waals surface area contributed by atoms with Crippen molar-refractivity contribution >= 4 is 0 Å². The van der Waals surface area contributed by atoms with Crippen molar-refractivity contribution in [2.24, 2.45) is 11.8 Å². The van der Waals surface area contributed by atoms with Gasteiger partial charge in [-0.25, -0.2) is 0 Å². The van der Waals surface area contributed by atoms with Crippen LogP contribution in [0.3, 0.4) is 0 Å². The Kier molecular flexibility index (Phi) is 22.1. The van der Waals surface area contributed by atoms with Gasteiger partial charge in [0, 0.05) is 18.4 Å². The van der Waals surface area contributed by atoms with Gasteiger partial charge in [0.1, 0.15) is 0 Å². The molecule has 0 saturated carbocycles. The largest absolute Gasteiger partial charge is 0.389 e. The zero-order valence-corrected chi connectivity index (χ0v) is 14.0. The van der Waals surface area contributed by atoms with Crippen molar-refractivity contribution in [2.45, 2.75) is 72.1 Å². The number of hydrogen-bond donors (Lipinski definition) is 5. The zero-order chi connectivity index (χ0) is 13.6. The Morgan fingerprint density at radius 1 is 1.05 bits per heavy atom. The van der Waals surface area contributed by atoms with Crippen molar-refractivity contribution in [1.82, 2.24) is 23.0 Å². The summed E-state index contributed by atoms with van der Waals surface area (Å²) in [5.41, 5.74) is 3.88. The molecule has 10 N–H and O–H groups in total. The molecule has 124 valence electrons. The summed E-state index contributed by atoms with van der Waals surface area (Å²) in [4.78, 5) is 0. The summed E-state index contributed by atoms with van der Waals surface area (Å²) < 4.78 is 0. The average Bonchev–Trinajstić information content (AvgIpc) is 2.36. The zero-order valence-electron chi connectivity index (χ0n) is 14.0. The summed E-state index contributed by atoms with van der Waals surface area (Å²) in [5, 5.41) is 3.35. The summed E-state index contributed by atoms with van der Waals surface area (Å²) in [6.45, 7) is 7.78. The minimum Gasteiger partial charge on any atom is -0.389 e. The lowest BCUT2D eigenvalue weighted by atomic mass is 10.1. The molecule has 0 aromatic carbocycles. The molecule has 0 amide bonds. The monoisotopic (exact) mass is 289 g/mol. The Bertz CT molecular complexity index is 204. The topological polar surface area (TPSA) is 120 Å². The summed E-state index contributed by atoms with van der Waals surface area (Å²) in [5.74, 6) is 6.22. The first-order chi connectivity index (χ1) is 8.70. The first-order valence-corrected chi connectivity index (χ1v) is 7.59. The van der Waals surface area contributed by atoms with Gasteiger partial charge in [0.25, 0.3) is 0 Å². The van der Waals surface area contributed by atoms with Crippen LogP contribution in [0.15, 0.2) is 11.9 Å². The summed E-state index contributed by atoms with van der Waals surface area (Å²) in [7, 11) is 0. The van der Waals surface area contributed by atoms with Gasteiger partial charge in [0.05, 0.1) is 0 Å². The molecule has 0 spiro atoms. The van der Waals surface area contributed by atoms with Gasteiger partial charge in [-0.3, -0.25) is 5.84 Å². The predicted octanol–water partition coefficient (Wildman–Crippen LogP) is 4.00. The van der Waals surface area contributed by atoms with Crippen LogP contribution in [0.5, 0.6) is 0 Å². The molecule has 0 aliphatic rings. The van der Waals surface area contributed by atoms with E-state index in [0.29, 0.717) is 0 Å². The van der Waals surface area contributed by atoms with Gasteiger partial charge in [-0.05, 0) is 25.2 Å². The molecular formula is C15H39N5. The maximum atomic E-state index is 5.50. The van der Waals surface area contributed by atoms with Gasteiger partial charge >= 0.3 is 0 Å². The lowest BCUT2D eigenvalue weighted by molar-refractivity contribution is 0.564. The van der Waals surface area contributed by atoms with E-state index < -0.39 is 0 Å². The normalized spacial score (nSPS) is 10.8. The molecule has 0 atom stereocenters. The molecule has 0 heterocycles. The fraction of sp³-hybridized carbons (Fsp3) is 0.867. The summed E-state index contributed by atoms with van der Waals surface area (Å²) >= 11 is 0. The van der Waals surface area contributed by atoms with E-state index in [2.05, 4.69) is 31.5 Å². The van der Waals surface area contributed by atoms with Gasteiger partial charge in [0.2, 0.25) is 0 Å². The lowest BCUT2D eigenvalue weighted by Crippen LogP contribution is -2.24. The first kappa shape index (κ1) is 24.3. The molecule has 0 aliphatic heterocycles. The molecule has 0 bridgehead atoms. The van der Waals surface area contributed by atoms with E-state index in [1.807, 2.05) is 6.20 Å². The van der Waals surface area contributed by atoms with Crippen LogP contribution >= 0.6 is 0 Å². The fourth-order valence-corrected chi connectivity index (χ4v) is 1.83. The molecule has 0 fully saturated rings. The van der Waals surface area contributed by atoms with Gasteiger partial charge in [-0.1, -0.05) is 52.9 Å². The first-order valence-electron chi connectivity index (χ1n) is 7.59. The maximum Gasteiger partial charge on any atom is 0.0415 e. The Balaban J connectivity index is -0.00000144. The van der Waals surface area contributed by atoms with Gasteiger partial charge < -0.3 is 23.0 Å². The van der Waals surface area contributed by atoms with E-state index in [1.54, 1.807) is 0 Å². The number of hydrazine groups is 1. The van der Waals surface area contributed by atoms with Crippen LogP contribution in [0.4, 0.5) is 0 Å². The Hall–Kier alpha value is -0.780. The minimum atomic E-state index is 0. The molecule has 20 heavy (non-hydrogen) atoms. The van der Waals surface area contributed by atoms with Crippen LogP contribution in [0.25, 0.3) is 0 Å². The molecule has 0 aliphatic carbocycles. The van der Waals surface area contributed by atoms with E-state index in [4.69, 9.17) is 5.84 Å². The van der Waals surface area contributed by atoms with Crippen LogP contribution in [0, 0.1) is 5.92 Å². The number of rotatable bonds is 12. The highest BCUT2D eigenvalue weighted by Gasteiger charge is 1.98. The molecular weight excluding hydrogens is 250 g/mol. The molecule has 5 heteroatoms. The molecule has 0 unspecified atom stereocenters. The number of unbranched alkanes of at least 4 members (excludes halogenated alkanes) is 5. The second-order valence-corrected chi connectivity index (χ2v) is 5.47. The number of allylic oxidation sites excluding steroid dienone is 1. The van der Waals surface area contributed by atoms with Crippen LogP contribution in [0.1, 0.15) is 72.1 Å². The smallest absolute Gasteiger partial charge is 0.0415 e. The van der Waals surface area contributed by atoms with E-state index in [0.717, 1.165) is 24.6 Å². The number of nitrogens with one attached hydrogen (secondary N) is 2. The Morgan fingerprint density at radius 3 is 2.20 bits per heavy atom. The van der Waals surface area contributed by atoms with Crippen LogP contribution in [-0.4, -0.2) is 6.54 Å². The van der Waals surface area contributed by atoms with Crippen molar-refractivity contribution in [3.63, 3.8) is 0 Å². The third-order valence-electron chi connectivity index (χ3n) is 3.13. The Morgan fingerprint density at radius 2 is 1.65 bits per heavy atom. The fourth-order valence-electron chi connectivity index (χ4n) is 1.83. The van der Waals surface area contributed by atoms with Crippen molar-refractivity contribution in [3.05, 3.63) is 11.9 Å². The molecule has 0 saturated heterocycles. The second-order valence-electron chi connectivity index (χ2n) is 5.47. The van der Waals surface area contributed by atoms with E-state index in [-0.39, 0.29) is 12.3 Å². The van der Waals surface area contributed by atoms with Crippen molar-refractivity contribution in [3.8, 4) is 0 Å². The summed E-state index contributed by atoms with van der Waals surface area (Å²) in [6.07, 6.45) is 12.3. The third-order valence-corrected chi connectivity index (χ3v) is 3.13. The van der Waals surface area contributed by atoms with Crippen LogP contribution in [0.2, 0.25) is 0 Å². The maximum absolute atomic E-state index is 5.50. The highest BCUT2D eigenvalue weighted by atomic mass is 15.2. The number of nitrogens with two attached hydrogens (primary N) is 1. The van der Waals surface area contributed by atoms with Gasteiger partial charge in [0.15, 0.2) is 0 Å². The summed E-state index contributed by atoms with van der Waals surface area (Å²) in [6, 6.07) is 0. The Labute approximate surface area is 126 Å². The highest BCUT2D eigenvalue weighted by Crippen LogP contribution is 2.08. The van der Waals surface area contributed by atoms with Crippen LogP contribution in [-0.2, 0) is 0 Å². The highest BCUT2D eigenvalue weighted by molar-refractivity contribution is 4.96. The van der Waals surface area contributed by atoms with E-state index >= 15 is 0 Å². The van der Waals surface area contributed by atoms with Crippen molar-refractivity contribution in [1.29, 1.82) is 0 Å². The van der Waals surface area contributed by atoms with E-state index in [9.17, 15) is 0 Å². The predicted molar refractivity (Wildman–Crippen MR) is 90.9 cm³/mol. The average molecular weight is 290 g/mol. The molecule has 5 nitrogen and oxygen atoms in total. The molecule has 0 radical (unpaired) electrons. The molecule has 0 rings (SSSR count). The standard InChI is InChI=1S/C15H33N3.2H3N/c1-4-5-6-7-8-9-12-17-13-15(18-16)11-10-14(2)3;;/h13-14,17-18H,4-12,16H2,1-3H3;2*1H3/b15-13-;;. The van der Waals surface area contributed by atoms with E-state index in [1.165, 1.54) is 44.9 Å².